The van der Waals surface area contributed by atoms with Crippen molar-refractivity contribution in [3.63, 3.8) is 0 Å². The van der Waals surface area contributed by atoms with Crippen LogP contribution < -0.4 is 10.6 Å². The lowest BCUT2D eigenvalue weighted by molar-refractivity contribution is -0.122. The fourth-order valence-corrected chi connectivity index (χ4v) is 3.06. The highest BCUT2D eigenvalue weighted by molar-refractivity contribution is 9.10. The van der Waals surface area contributed by atoms with Gasteiger partial charge in [0.1, 0.15) is 17.7 Å². The van der Waals surface area contributed by atoms with Crippen LogP contribution in [0, 0.1) is 11.6 Å². The summed E-state index contributed by atoms with van der Waals surface area (Å²) >= 11 is 3.10. The Hall–Kier alpha value is -1.17. The summed E-state index contributed by atoms with van der Waals surface area (Å²) in [6.45, 7) is 1.66. The van der Waals surface area contributed by atoms with Gasteiger partial charge < -0.3 is 10.6 Å². The van der Waals surface area contributed by atoms with Crippen LogP contribution in [0.4, 0.5) is 14.5 Å². The first kappa shape index (κ1) is 16.2. The van der Waals surface area contributed by atoms with Gasteiger partial charge in [-0.15, -0.1) is 0 Å². The molecule has 116 valence electrons. The molecule has 0 spiro atoms. The van der Waals surface area contributed by atoms with Gasteiger partial charge >= 0.3 is 0 Å². The van der Waals surface area contributed by atoms with E-state index in [0.717, 1.165) is 37.8 Å². The molecule has 1 atom stereocenters. The molecule has 1 aliphatic rings. The molecule has 1 fully saturated rings. The molecule has 2 N–H and O–H groups in total. The normalized spacial score (nSPS) is 17.3. The van der Waals surface area contributed by atoms with Crippen molar-refractivity contribution in [1.29, 1.82) is 0 Å². The number of amides is 1. The van der Waals surface area contributed by atoms with E-state index in [9.17, 15) is 13.6 Å². The molecule has 0 saturated heterocycles. The molecule has 0 heterocycles. The molecule has 1 aliphatic carbocycles. The summed E-state index contributed by atoms with van der Waals surface area (Å²) < 4.78 is 27.0. The van der Waals surface area contributed by atoms with E-state index in [2.05, 4.69) is 26.6 Å². The molecule has 3 nitrogen and oxygen atoms in total. The average Bonchev–Trinajstić information content (AvgIpc) is 2.43. The predicted molar refractivity (Wildman–Crippen MR) is 82.2 cm³/mol. The zero-order valence-corrected chi connectivity index (χ0v) is 13.5. The monoisotopic (exact) mass is 360 g/mol. The number of rotatable bonds is 4. The number of halogens is 3. The fraction of sp³-hybridized carbons (Fsp3) is 0.533. The van der Waals surface area contributed by atoms with Gasteiger partial charge in [-0.25, -0.2) is 8.78 Å². The Morgan fingerprint density at radius 3 is 2.57 bits per heavy atom. The maximum Gasteiger partial charge on any atom is 0.242 e. The first-order valence-electron chi connectivity index (χ1n) is 7.19. The zero-order chi connectivity index (χ0) is 15.4. The summed E-state index contributed by atoms with van der Waals surface area (Å²) in [5.41, 5.74) is 0.0997. The molecule has 2 rings (SSSR count). The van der Waals surface area contributed by atoms with Gasteiger partial charge in [-0.2, -0.15) is 0 Å². The third-order valence-electron chi connectivity index (χ3n) is 3.71. The van der Waals surface area contributed by atoms with Gasteiger partial charge in [-0.3, -0.25) is 4.79 Å². The van der Waals surface area contributed by atoms with E-state index in [-0.39, 0.29) is 22.1 Å². The molecule has 1 aromatic carbocycles. The Labute approximate surface area is 131 Å². The molecular formula is C15H19BrF2N2O. The molecule has 6 heteroatoms. The van der Waals surface area contributed by atoms with Crippen LogP contribution in [0.25, 0.3) is 0 Å². The lowest BCUT2D eigenvalue weighted by atomic mass is 9.95. The SMILES string of the molecule is CC(Nc1c(F)cc(F)cc1Br)C(=O)NC1CCCCC1. The predicted octanol–water partition coefficient (Wildman–Crippen LogP) is 3.98. The van der Waals surface area contributed by atoms with E-state index in [1.807, 2.05) is 0 Å². The van der Waals surface area contributed by atoms with Crippen molar-refractivity contribution in [2.24, 2.45) is 0 Å². The van der Waals surface area contributed by atoms with Crippen LogP contribution >= 0.6 is 15.9 Å². The van der Waals surface area contributed by atoms with E-state index in [4.69, 9.17) is 0 Å². The molecule has 0 bridgehead atoms. The van der Waals surface area contributed by atoms with Crippen molar-refractivity contribution in [2.45, 2.75) is 51.1 Å². The lowest BCUT2D eigenvalue weighted by Crippen LogP contribution is -2.44. The van der Waals surface area contributed by atoms with Crippen molar-refractivity contribution in [1.82, 2.24) is 5.32 Å². The van der Waals surface area contributed by atoms with Gasteiger partial charge in [-0.05, 0) is 41.8 Å². The molecule has 0 aliphatic heterocycles. The number of carbonyl (C=O) groups excluding carboxylic acids is 1. The van der Waals surface area contributed by atoms with E-state index in [1.54, 1.807) is 6.92 Å². The Morgan fingerprint density at radius 2 is 1.95 bits per heavy atom. The highest BCUT2D eigenvalue weighted by Crippen LogP contribution is 2.27. The summed E-state index contributed by atoms with van der Waals surface area (Å²) in [6, 6.07) is 1.57. The summed E-state index contributed by atoms with van der Waals surface area (Å²) in [7, 11) is 0. The van der Waals surface area contributed by atoms with Gasteiger partial charge in [-0.1, -0.05) is 19.3 Å². The molecule has 1 unspecified atom stereocenters. The van der Waals surface area contributed by atoms with Crippen LogP contribution in [0.1, 0.15) is 39.0 Å². The molecular weight excluding hydrogens is 342 g/mol. The van der Waals surface area contributed by atoms with E-state index in [0.29, 0.717) is 0 Å². The van der Waals surface area contributed by atoms with E-state index >= 15 is 0 Å². The molecule has 1 amide bonds. The Balaban J connectivity index is 1.97. The third-order valence-corrected chi connectivity index (χ3v) is 4.34. The molecule has 21 heavy (non-hydrogen) atoms. The maximum absolute atomic E-state index is 13.7. The fourth-order valence-electron chi connectivity index (χ4n) is 2.54. The quantitative estimate of drug-likeness (QED) is 0.852. The standard InChI is InChI=1S/C15H19BrF2N2O/c1-9(15(21)20-11-5-3-2-4-6-11)19-14-12(16)7-10(17)8-13(14)18/h7-9,11,19H,2-6H2,1H3,(H,20,21). The minimum absolute atomic E-state index is 0.0997. The second kappa shape index (κ2) is 7.20. The number of benzene rings is 1. The number of hydrogen-bond donors (Lipinski definition) is 2. The summed E-state index contributed by atoms with van der Waals surface area (Å²) in [4.78, 5) is 12.1. The van der Waals surface area contributed by atoms with Crippen molar-refractivity contribution in [3.8, 4) is 0 Å². The smallest absolute Gasteiger partial charge is 0.242 e. The van der Waals surface area contributed by atoms with Gasteiger partial charge in [0, 0.05) is 16.6 Å². The Kier molecular flexibility index (Phi) is 5.56. The molecule has 0 radical (unpaired) electrons. The average molecular weight is 361 g/mol. The van der Waals surface area contributed by atoms with Gasteiger partial charge in [0.25, 0.3) is 0 Å². The summed E-state index contributed by atoms with van der Waals surface area (Å²) in [6.07, 6.45) is 5.46. The molecule has 1 saturated carbocycles. The lowest BCUT2D eigenvalue weighted by Gasteiger charge is -2.25. The zero-order valence-electron chi connectivity index (χ0n) is 11.9. The Morgan fingerprint density at radius 1 is 1.29 bits per heavy atom. The number of nitrogens with one attached hydrogen (secondary N) is 2. The molecule has 0 aromatic heterocycles. The first-order valence-corrected chi connectivity index (χ1v) is 7.98. The van der Waals surface area contributed by atoms with Crippen molar-refractivity contribution in [3.05, 3.63) is 28.2 Å². The minimum atomic E-state index is -0.723. The summed E-state index contributed by atoms with van der Waals surface area (Å²) in [5.74, 6) is -1.55. The minimum Gasteiger partial charge on any atom is -0.371 e. The topological polar surface area (TPSA) is 41.1 Å². The van der Waals surface area contributed by atoms with Crippen molar-refractivity contribution >= 4 is 27.5 Å². The number of hydrogen-bond acceptors (Lipinski definition) is 2. The van der Waals surface area contributed by atoms with Gasteiger partial charge in [0.05, 0.1) is 5.69 Å². The third kappa shape index (κ3) is 4.40. The second-order valence-corrected chi connectivity index (χ2v) is 6.31. The maximum atomic E-state index is 13.7. The number of carbonyl (C=O) groups is 1. The van der Waals surface area contributed by atoms with Crippen LogP contribution in [0.15, 0.2) is 16.6 Å². The highest BCUT2D eigenvalue weighted by atomic mass is 79.9. The van der Waals surface area contributed by atoms with E-state index in [1.165, 1.54) is 6.42 Å². The van der Waals surface area contributed by atoms with Crippen LogP contribution in [-0.4, -0.2) is 18.0 Å². The second-order valence-electron chi connectivity index (χ2n) is 5.45. The van der Waals surface area contributed by atoms with Gasteiger partial charge in [0.2, 0.25) is 5.91 Å². The Bertz CT molecular complexity index is 495. The summed E-state index contributed by atoms with van der Waals surface area (Å²) in [5, 5.41) is 5.77. The molecule has 1 aromatic rings. The van der Waals surface area contributed by atoms with Crippen molar-refractivity contribution in [2.75, 3.05) is 5.32 Å². The first-order chi connectivity index (χ1) is 9.97. The van der Waals surface area contributed by atoms with Crippen LogP contribution in [0.5, 0.6) is 0 Å². The van der Waals surface area contributed by atoms with Crippen molar-refractivity contribution < 1.29 is 13.6 Å². The van der Waals surface area contributed by atoms with E-state index < -0.39 is 17.7 Å². The number of anilines is 1. The van der Waals surface area contributed by atoms with Crippen LogP contribution in [0.2, 0.25) is 0 Å². The van der Waals surface area contributed by atoms with Gasteiger partial charge in [0.15, 0.2) is 0 Å². The highest BCUT2D eigenvalue weighted by Gasteiger charge is 2.21. The largest absolute Gasteiger partial charge is 0.371 e. The van der Waals surface area contributed by atoms with Crippen LogP contribution in [0.3, 0.4) is 0 Å². The van der Waals surface area contributed by atoms with Crippen LogP contribution in [-0.2, 0) is 4.79 Å².